The summed E-state index contributed by atoms with van der Waals surface area (Å²) in [6.45, 7) is 4.07. The van der Waals surface area contributed by atoms with Crippen LogP contribution < -0.4 is 4.74 Å². The zero-order valence-electron chi connectivity index (χ0n) is 25.6. The van der Waals surface area contributed by atoms with E-state index in [-0.39, 0.29) is 47.3 Å². The van der Waals surface area contributed by atoms with E-state index in [1.165, 1.54) is 18.7 Å². The van der Waals surface area contributed by atoms with Crippen LogP contribution in [0.4, 0.5) is 0 Å². The zero-order valence-corrected chi connectivity index (χ0v) is 28.8. The van der Waals surface area contributed by atoms with E-state index in [2.05, 4.69) is 48.9 Å². The Labute approximate surface area is 284 Å². The van der Waals surface area contributed by atoms with E-state index in [0.29, 0.717) is 37.6 Å². The fourth-order valence-electron chi connectivity index (χ4n) is 8.26. The summed E-state index contributed by atoms with van der Waals surface area (Å²) in [5, 5.41) is 10.7. The molecule has 0 radical (unpaired) electrons. The van der Waals surface area contributed by atoms with Gasteiger partial charge in [-0.15, -0.1) is 0 Å². The quantitative estimate of drug-likeness (QED) is 0.227. The second-order valence-corrected chi connectivity index (χ2v) is 14.5. The van der Waals surface area contributed by atoms with Gasteiger partial charge in [0.2, 0.25) is 11.8 Å². The lowest BCUT2D eigenvalue weighted by Crippen LogP contribution is -2.47. The summed E-state index contributed by atoms with van der Waals surface area (Å²) in [5.74, 6) is -2.81. The van der Waals surface area contributed by atoms with Gasteiger partial charge >= 0.3 is 0 Å². The van der Waals surface area contributed by atoms with Crippen molar-refractivity contribution in [1.29, 1.82) is 0 Å². The number of hydrogen-bond donors (Lipinski definition) is 1. The summed E-state index contributed by atoms with van der Waals surface area (Å²) >= 11 is 7.08. The number of imide groups is 1. The van der Waals surface area contributed by atoms with Crippen LogP contribution >= 0.6 is 31.9 Å². The minimum Gasteiger partial charge on any atom is -0.503 e. The number of amides is 2. The minimum absolute atomic E-state index is 0.0958. The molecule has 2 aromatic carbocycles. The van der Waals surface area contributed by atoms with Crippen molar-refractivity contribution in [1.82, 2.24) is 9.80 Å². The highest BCUT2D eigenvalue weighted by molar-refractivity contribution is 9.13. The molecule has 4 atom stereocenters. The number of ether oxygens (including phenoxy) is 1. The number of rotatable bonds is 5. The Kier molecular flexibility index (Phi) is 8.18. The van der Waals surface area contributed by atoms with Crippen molar-refractivity contribution in [2.45, 2.75) is 51.1 Å². The molecule has 1 N–H and O–H groups in total. The first-order valence-electron chi connectivity index (χ1n) is 15.7. The Bertz CT molecular complexity index is 1770. The van der Waals surface area contributed by atoms with Gasteiger partial charge in [-0.2, -0.15) is 0 Å². The SMILES string of the molecule is COc1cc(C2C3=CCC4C(=O)N(C5CCN(Cc6ccccc6)CC5)C(=O)C4C3CC3=C2C(=O)C(C)=CC3=O)c(Br)c(Br)c1O. The molecule has 2 aromatic rings. The molecule has 0 spiro atoms. The first-order valence-corrected chi connectivity index (χ1v) is 17.3. The van der Waals surface area contributed by atoms with E-state index < -0.39 is 23.7 Å². The summed E-state index contributed by atoms with van der Waals surface area (Å²) < 4.78 is 6.35. The highest BCUT2D eigenvalue weighted by atomic mass is 79.9. The zero-order chi connectivity index (χ0) is 32.4. The Balaban J connectivity index is 1.23. The van der Waals surface area contributed by atoms with Gasteiger partial charge in [0.1, 0.15) is 0 Å². The molecule has 2 fully saturated rings. The second kappa shape index (κ2) is 12.0. The number of carbonyl (C=O) groups is 4. The molecule has 2 aliphatic heterocycles. The van der Waals surface area contributed by atoms with Gasteiger partial charge < -0.3 is 9.84 Å². The predicted octanol–water partition coefficient (Wildman–Crippen LogP) is 6.02. The Hall–Kier alpha value is -3.34. The first-order chi connectivity index (χ1) is 22.1. The predicted molar refractivity (Wildman–Crippen MR) is 178 cm³/mol. The van der Waals surface area contributed by atoms with E-state index in [4.69, 9.17) is 4.74 Å². The highest BCUT2D eigenvalue weighted by Crippen LogP contribution is 2.57. The van der Waals surface area contributed by atoms with Gasteiger partial charge in [0, 0.05) is 52.8 Å². The van der Waals surface area contributed by atoms with Crippen LogP contribution in [0.3, 0.4) is 0 Å². The first kappa shape index (κ1) is 31.3. The number of likely N-dealkylation sites (tertiary alicyclic amines) is 2. The molecule has 4 unspecified atom stereocenters. The van der Waals surface area contributed by atoms with Gasteiger partial charge in [0.05, 0.1) is 23.4 Å². The third-order valence-electron chi connectivity index (χ3n) is 10.5. The molecule has 0 bridgehead atoms. The van der Waals surface area contributed by atoms with Crippen molar-refractivity contribution >= 4 is 55.2 Å². The molecule has 238 valence electrons. The number of fused-ring (bicyclic) bond motifs is 3. The molecule has 2 heterocycles. The maximum Gasteiger partial charge on any atom is 0.233 e. The molecule has 2 saturated heterocycles. The van der Waals surface area contributed by atoms with E-state index in [1.54, 1.807) is 17.9 Å². The maximum absolute atomic E-state index is 14.4. The van der Waals surface area contributed by atoms with Crippen molar-refractivity contribution in [3.63, 3.8) is 0 Å². The van der Waals surface area contributed by atoms with Crippen LogP contribution in [0.1, 0.15) is 49.7 Å². The minimum atomic E-state index is -0.659. The third kappa shape index (κ3) is 4.95. The van der Waals surface area contributed by atoms with Gasteiger partial charge in [-0.1, -0.05) is 42.0 Å². The van der Waals surface area contributed by atoms with Crippen LogP contribution in [0.15, 0.2) is 79.8 Å². The lowest BCUT2D eigenvalue weighted by Gasteiger charge is -2.42. The molecule has 10 heteroatoms. The fourth-order valence-corrected chi connectivity index (χ4v) is 9.21. The van der Waals surface area contributed by atoms with Gasteiger partial charge in [0.15, 0.2) is 23.1 Å². The normalized spacial score (nSPS) is 26.9. The van der Waals surface area contributed by atoms with Crippen LogP contribution in [0.2, 0.25) is 0 Å². The van der Waals surface area contributed by atoms with Crippen LogP contribution in [-0.2, 0) is 25.7 Å². The summed E-state index contributed by atoms with van der Waals surface area (Å²) in [6, 6.07) is 11.8. The molecular formula is C36H34Br2N2O6. The van der Waals surface area contributed by atoms with Crippen LogP contribution in [0, 0.1) is 17.8 Å². The van der Waals surface area contributed by atoms with E-state index in [0.717, 1.165) is 38.0 Å². The molecule has 0 saturated carbocycles. The van der Waals surface area contributed by atoms with Gasteiger partial charge in [-0.25, -0.2) is 0 Å². The summed E-state index contributed by atoms with van der Waals surface area (Å²) in [6.07, 6.45) is 5.45. The lowest BCUT2D eigenvalue weighted by molar-refractivity contribution is -0.144. The molecule has 7 rings (SSSR count). The fraction of sp³-hybridized carbons (Fsp3) is 0.389. The van der Waals surface area contributed by atoms with Crippen molar-refractivity contribution in [2.75, 3.05) is 20.2 Å². The van der Waals surface area contributed by atoms with Crippen LogP contribution in [0.25, 0.3) is 0 Å². The number of Topliss-reactive ketones (excluding diaryl/α,β-unsaturated/α-hetero) is 1. The number of hydrogen-bond acceptors (Lipinski definition) is 7. The number of allylic oxidation sites excluding steroid dienone is 6. The molecule has 5 aliphatic rings. The largest absolute Gasteiger partial charge is 0.503 e. The standard InChI is InChI=1S/C36H34Br2N2O6/c1-18-14-26(41)24-15-23-21(28(30(24)33(18)42)25-16-27(46-2)34(43)32(38)31(25)37)8-9-22-29(23)36(45)40(35(22)44)20-10-12-39(13-11-20)17-19-6-4-3-5-7-19/h3-8,14,16,20,22-23,28-29,43H,9-13,15,17H2,1-2H3. The highest BCUT2D eigenvalue weighted by Gasteiger charge is 2.57. The Morgan fingerprint density at radius 2 is 1.70 bits per heavy atom. The molecule has 0 aromatic heterocycles. The van der Waals surface area contributed by atoms with Crippen molar-refractivity contribution < 1.29 is 29.0 Å². The molecule has 8 nitrogen and oxygen atoms in total. The molecule has 2 amide bonds. The number of methoxy groups -OCH3 is 1. The topological polar surface area (TPSA) is 104 Å². The van der Waals surface area contributed by atoms with Crippen LogP contribution in [-0.4, -0.2) is 64.5 Å². The number of phenolic OH excluding ortho intramolecular Hbond substituents is 1. The van der Waals surface area contributed by atoms with Crippen molar-refractivity contribution in [3.05, 3.63) is 90.9 Å². The lowest BCUT2D eigenvalue weighted by atomic mass is 9.59. The smallest absolute Gasteiger partial charge is 0.233 e. The Morgan fingerprint density at radius 1 is 0.978 bits per heavy atom. The molecular weight excluding hydrogens is 716 g/mol. The van der Waals surface area contributed by atoms with E-state index in [1.807, 2.05) is 24.3 Å². The van der Waals surface area contributed by atoms with E-state index in [9.17, 15) is 24.3 Å². The second-order valence-electron chi connectivity index (χ2n) is 12.9. The number of halogens is 2. The van der Waals surface area contributed by atoms with Crippen LogP contribution in [0.5, 0.6) is 11.5 Å². The number of piperidine rings is 1. The van der Waals surface area contributed by atoms with Gasteiger partial charge in [-0.3, -0.25) is 29.0 Å². The number of ketones is 2. The van der Waals surface area contributed by atoms with Crippen molar-refractivity contribution in [3.8, 4) is 11.5 Å². The number of phenols is 1. The summed E-state index contributed by atoms with van der Waals surface area (Å²) in [4.78, 5) is 59.5. The number of nitrogens with zero attached hydrogens (tertiary/aromatic N) is 2. The average molecular weight is 750 g/mol. The van der Waals surface area contributed by atoms with E-state index >= 15 is 0 Å². The van der Waals surface area contributed by atoms with Gasteiger partial charge in [-0.05, 0) is 93.7 Å². The number of benzene rings is 2. The monoisotopic (exact) mass is 748 g/mol. The average Bonchev–Trinajstić information content (AvgIpc) is 3.32. The van der Waals surface area contributed by atoms with Gasteiger partial charge in [0.25, 0.3) is 0 Å². The van der Waals surface area contributed by atoms with Crippen molar-refractivity contribution in [2.24, 2.45) is 17.8 Å². The third-order valence-corrected chi connectivity index (χ3v) is 12.6. The maximum atomic E-state index is 14.4. The number of carbonyl (C=O) groups excluding carboxylic acids is 4. The number of aromatic hydroxyl groups is 1. The Morgan fingerprint density at radius 3 is 2.39 bits per heavy atom. The summed E-state index contributed by atoms with van der Waals surface area (Å²) in [5.41, 5.74) is 3.89. The summed E-state index contributed by atoms with van der Waals surface area (Å²) in [7, 11) is 1.45. The molecule has 46 heavy (non-hydrogen) atoms. The molecule has 3 aliphatic carbocycles.